The van der Waals surface area contributed by atoms with Crippen LogP contribution in [0.25, 0.3) is 22.2 Å². The molecule has 0 fully saturated rings. The number of nitrogens with zero attached hydrogens (tertiary/aromatic N) is 1. The smallest absolute Gasteiger partial charge is 0.0879 e. The first kappa shape index (κ1) is 11.0. The number of hydrogen-bond acceptors (Lipinski definition) is 1. The van der Waals surface area contributed by atoms with Crippen LogP contribution in [0.3, 0.4) is 0 Å². The van der Waals surface area contributed by atoms with E-state index in [2.05, 4.69) is 54.1 Å². The molecule has 0 amide bonds. The van der Waals surface area contributed by atoms with Gasteiger partial charge in [0.05, 0.1) is 11.0 Å². The van der Waals surface area contributed by atoms with E-state index < -0.39 is 0 Å². The Morgan fingerprint density at radius 3 is 2.78 bits per heavy atom. The van der Waals surface area contributed by atoms with E-state index in [4.69, 9.17) is 0 Å². The summed E-state index contributed by atoms with van der Waals surface area (Å²) >= 11 is 0. The molecule has 90 valence electrons. The van der Waals surface area contributed by atoms with Gasteiger partial charge in [-0.3, -0.25) is 4.98 Å². The number of hydrogen-bond donors (Lipinski definition) is 1. The van der Waals surface area contributed by atoms with Crippen molar-refractivity contribution in [2.45, 2.75) is 19.8 Å². The number of fused-ring (bicyclic) bond motifs is 1. The maximum Gasteiger partial charge on any atom is 0.0879 e. The highest BCUT2D eigenvalue weighted by Gasteiger charge is 2.04. The van der Waals surface area contributed by atoms with Gasteiger partial charge in [-0.25, -0.2) is 0 Å². The Bertz CT molecular complexity index is 680. The summed E-state index contributed by atoms with van der Waals surface area (Å²) in [6, 6.07) is 12.8. The Balaban J connectivity index is 2.10. The number of rotatable bonds is 2. The average molecular weight is 236 g/mol. The van der Waals surface area contributed by atoms with Gasteiger partial charge in [0.15, 0.2) is 0 Å². The van der Waals surface area contributed by atoms with E-state index in [-0.39, 0.29) is 0 Å². The predicted molar refractivity (Wildman–Crippen MR) is 75.6 cm³/mol. The Kier molecular flexibility index (Phi) is 2.63. The summed E-state index contributed by atoms with van der Waals surface area (Å²) in [6.45, 7) is 4.43. The van der Waals surface area contributed by atoms with Gasteiger partial charge < -0.3 is 4.98 Å². The SMILES string of the molecule is CC(C)c1cccc(-c2cnc3cc[nH]c3c2)c1. The van der Waals surface area contributed by atoms with Crippen molar-refractivity contribution in [1.29, 1.82) is 0 Å². The molecule has 1 aromatic carbocycles. The highest BCUT2D eigenvalue weighted by molar-refractivity contribution is 5.80. The van der Waals surface area contributed by atoms with Gasteiger partial charge in [-0.15, -0.1) is 0 Å². The highest BCUT2D eigenvalue weighted by Crippen LogP contribution is 2.25. The van der Waals surface area contributed by atoms with Crippen molar-refractivity contribution >= 4 is 11.0 Å². The summed E-state index contributed by atoms with van der Waals surface area (Å²) in [4.78, 5) is 7.67. The van der Waals surface area contributed by atoms with Crippen LogP contribution in [0.5, 0.6) is 0 Å². The van der Waals surface area contributed by atoms with Crippen LogP contribution in [0.2, 0.25) is 0 Å². The minimum absolute atomic E-state index is 0.548. The third kappa shape index (κ3) is 1.90. The maximum absolute atomic E-state index is 4.46. The molecule has 0 aliphatic carbocycles. The average Bonchev–Trinajstić information content (AvgIpc) is 2.86. The lowest BCUT2D eigenvalue weighted by Crippen LogP contribution is -1.88. The first-order valence-electron chi connectivity index (χ1n) is 6.27. The molecule has 0 radical (unpaired) electrons. The molecule has 2 nitrogen and oxygen atoms in total. The molecular weight excluding hydrogens is 220 g/mol. The van der Waals surface area contributed by atoms with Crippen LogP contribution >= 0.6 is 0 Å². The Morgan fingerprint density at radius 2 is 1.94 bits per heavy atom. The number of benzene rings is 1. The van der Waals surface area contributed by atoms with E-state index in [0.29, 0.717) is 5.92 Å². The Morgan fingerprint density at radius 1 is 1.06 bits per heavy atom. The third-order valence-corrected chi connectivity index (χ3v) is 3.29. The number of pyridine rings is 1. The summed E-state index contributed by atoms with van der Waals surface area (Å²) in [5, 5.41) is 0. The standard InChI is InChI=1S/C16H16N2/c1-11(2)12-4-3-5-13(8-12)14-9-16-15(18-10-14)6-7-17-16/h3-11,17H,1-2H3. The molecule has 0 atom stereocenters. The lowest BCUT2D eigenvalue weighted by atomic mass is 9.98. The van der Waals surface area contributed by atoms with Crippen LogP contribution in [0.1, 0.15) is 25.3 Å². The molecule has 0 aliphatic heterocycles. The predicted octanol–water partition coefficient (Wildman–Crippen LogP) is 4.35. The molecule has 2 heterocycles. The van der Waals surface area contributed by atoms with Crippen molar-refractivity contribution in [2.75, 3.05) is 0 Å². The van der Waals surface area contributed by atoms with E-state index in [0.717, 1.165) is 16.6 Å². The van der Waals surface area contributed by atoms with Gasteiger partial charge in [0, 0.05) is 18.0 Å². The lowest BCUT2D eigenvalue weighted by molar-refractivity contribution is 0.867. The minimum Gasteiger partial charge on any atom is -0.360 e. The van der Waals surface area contributed by atoms with Crippen LogP contribution < -0.4 is 0 Å². The second kappa shape index (κ2) is 4.30. The van der Waals surface area contributed by atoms with E-state index in [9.17, 15) is 0 Å². The third-order valence-electron chi connectivity index (χ3n) is 3.29. The van der Waals surface area contributed by atoms with Crippen molar-refractivity contribution in [2.24, 2.45) is 0 Å². The summed E-state index contributed by atoms with van der Waals surface area (Å²) < 4.78 is 0. The molecule has 0 aliphatic rings. The van der Waals surface area contributed by atoms with Crippen molar-refractivity contribution in [1.82, 2.24) is 9.97 Å². The van der Waals surface area contributed by atoms with E-state index in [1.54, 1.807) is 0 Å². The molecule has 3 rings (SSSR count). The largest absolute Gasteiger partial charge is 0.360 e. The zero-order chi connectivity index (χ0) is 12.5. The van der Waals surface area contributed by atoms with Gasteiger partial charge >= 0.3 is 0 Å². The lowest BCUT2D eigenvalue weighted by Gasteiger charge is -2.08. The van der Waals surface area contributed by atoms with Gasteiger partial charge in [0.1, 0.15) is 0 Å². The number of aromatic nitrogens is 2. The first-order valence-corrected chi connectivity index (χ1v) is 6.27. The number of aromatic amines is 1. The fourth-order valence-electron chi connectivity index (χ4n) is 2.17. The summed E-state index contributed by atoms with van der Waals surface area (Å²) in [6.07, 6.45) is 3.86. The summed E-state index contributed by atoms with van der Waals surface area (Å²) in [5.74, 6) is 0.548. The number of nitrogens with one attached hydrogen (secondary N) is 1. The Labute approximate surface area is 107 Å². The quantitative estimate of drug-likeness (QED) is 0.704. The second-order valence-electron chi connectivity index (χ2n) is 4.91. The molecular formula is C16H16N2. The molecule has 0 bridgehead atoms. The molecule has 18 heavy (non-hydrogen) atoms. The zero-order valence-corrected chi connectivity index (χ0v) is 10.6. The van der Waals surface area contributed by atoms with Gasteiger partial charge in [-0.05, 0) is 29.2 Å². The molecule has 0 unspecified atom stereocenters. The van der Waals surface area contributed by atoms with Crippen LogP contribution in [0, 0.1) is 0 Å². The van der Waals surface area contributed by atoms with Crippen molar-refractivity contribution in [3.63, 3.8) is 0 Å². The molecule has 1 N–H and O–H groups in total. The molecule has 3 aromatic rings. The first-order chi connectivity index (χ1) is 8.74. The fourth-order valence-corrected chi connectivity index (χ4v) is 2.17. The van der Waals surface area contributed by atoms with Gasteiger partial charge in [0.2, 0.25) is 0 Å². The van der Waals surface area contributed by atoms with Gasteiger partial charge in [0.25, 0.3) is 0 Å². The Hall–Kier alpha value is -2.09. The van der Waals surface area contributed by atoms with Gasteiger partial charge in [-0.1, -0.05) is 38.1 Å². The normalized spacial score (nSPS) is 11.3. The van der Waals surface area contributed by atoms with Crippen molar-refractivity contribution in [3.05, 3.63) is 54.4 Å². The fraction of sp³-hybridized carbons (Fsp3) is 0.188. The minimum atomic E-state index is 0.548. The van der Waals surface area contributed by atoms with Crippen molar-refractivity contribution < 1.29 is 0 Å². The van der Waals surface area contributed by atoms with E-state index in [1.807, 2.05) is 18.5 Å². The van der Waals surface area contributed by atoms with Crippen LogP contribution in [-0.4, -0.2) is 9.97 Å². The molecule has 0 saturated heterocycles. The molecule has 2 aromatic heterocycles. The summed E-state index contributed by atoms with van der Waals surface area (Å²) in [5.41, 5.74) is 5.85. The van der Waals surface area contributed by atoms with E-state index in [1.165, 1.54) is 11.1 Å². The molecule has 0 saturated carbocycles. The zero-order valence-electron chi connectivity index (χ0n) is 10.6. The highest BCUT2D eigenvalue weighted by atomic mass is 14.7. The number of H-pyrrole nitrogens is 1. The van der Waals surface area contributed by atoms with Crippen molar-refractivity contribution in [3.8, 4) is 11.1 Å². The van der Waals surface area contributed by atoms with Gasteiger partial charge in [-0.2, -0.15) is 0 Å². The van der Waals surface area contributed by atoms with Crippen LogP contribution in [-0.2, 0) is 0 Å². The monoisotopic (exact) mass is 236 g/mol. The maximum atomic E-state index is 4.46. The molecule has 2 heteroatoms. The van der Waals surface area contributed by atoms with E-state index >= 15 is 0 Å². The van der Waals surface area contributed by atoms with Crippen LogP contribution in [0.15, 0.2) is 48.8 Å². The summed E-state index contributed by atoms with van der Waals surface area (Å²) in [7, 11) is 0. The molecule has 0 spiro atoms. The second-order valence-corrected chi connectivity index (χ2v) is 4.91. The topological polar surface area (TPSA) is 28.7 Å². The van der Waals surface area contributed by atoms with Crippen LogP contribution in [0.4, 0.5) is 0 Å².